The topological polar surface area (TPSA) is 50.0 Å². The molecule has 0 aliphatic heterocycles. The van der Waals surface area contributed by atoms with Gasteiger partial charge >= 0.3 is 0 Å². The molecule has 0 fully saturated rings. The minimum absolute atomic E-state index is 0.0274. The molecule has 0 aliphatic rings. The summed E-state index contributed by atoms with van der Waals surface area (Å²) in [4.78, 5) is 6.89. The highest BCUT2D eigenvalue weighted by molar-refractivity contribution is 5.56. The van der Waals surface area contributed by atoms with Gasteiger partial charge in [0.05, 0.1) is 18.9 Å². The van der Waals surface area contributed by atoms with Gasteiger partial charge in [0, 0.05) is 25.9 Å². The number of aliphatic hydroxyl groups excluding tert-OH is 1. The molecule has 0 radical (unpaired) electrons. The van der Waals surface area contributed by atoms with Gasteiger partial charge in [0.25, 0.3) is 0 Å². The zero-order valence-electron chi connectivity index (χ0n) is 12.4. The van der Waals surface area contributed by atoms with Crippen molar-refractivity contribution < 1.29 is 9.84 Å². The predicted octanol–water partition coefficient (Wildman–Crippen LogP) is 2.08. The zero-order chi connectivity index (χ0) is 14.5. The van der Waals surface area contributed by atoms with Gasteiger partial charge in [-0.2, -0.15) is 0 Å². The number of rotatable bonds is 7. The highest BCUT2D eigenvalue weighted by atomic mass is 16.5. The standard InChI is InChI=1S/C15H23N3O2/c1-4-12(2)17(9-10-20-3)15-13(11-19)18-8-6-5-7-14(18)16-15/h5-8,12,19H,4,9-11H2,1-3H3. The van der Waals surface area contributed by atoms with Crippen LogP contribution in [0.15, 0.2) is 24.4 Å². The fourth-order valence-electron chi connectivity index (χ4n) is 2.36. The maximum Gasteiger partial charge on any atom is 0.153 e. The number of methoxy groups -OCH3 is 1. The van der Waals surface area contributed by atoms with E-state index in [1.165, 1.54) is 0 Å². The number of hydrogen-bond donors (Lipinski definition) is 1. The van der Waals surface area contributed by atoms with Crippen molar-refractivity contribution in [2.75, 3.05) is 25.2 Å². The van der Waals surface area contributed by atoms with E-state index in [1.54, 1.807) is 7.11 Å². The second kappa shape index (κ2) is 6.72. The fraction of sp³-hybridized carbons (Fsp3) is 0.533. The Morgan fingerprint density at radius 2 is 2.25 bits per heavy atom. The highest BCUT2D eigenvalue weighted by Gasteiger charge is 2.20. The summed E-state index contributed by atoms with van der Waals surface area (Å²) >= 11 is 0. The predicted molar refractivity (Wildman–Crippen MR) is 80.1 cm³/mol. The molecule has 110 valence electrons. The second-order valence-electron chi connectivity index (χ2n) is 4.91. The average Bonchev–Trinajstić information content (AvgIpc) is 2.85. The van der Waals surface area contributed by atoms with Crippen LogP contribution in [0.4, 0.5) is 5.82 Å². The van der Waals surface area contributed by atoms with E-state index in [4.69, 9.17) is 4.74 Å². The van der Waals surface area contributed by atoms with E-state index < -0.39 is 0 Å². The molecule has 1 N–H and O–H groups in total. The molecule has 0 saturated heterocycles. The van der Waals surface area contributed by atoms with Crippen LogP contribution in [0.3, 0.4) is 0 Å². The van der Waals surface area contributed by atoms with Gasteiger partial charge in [0.15, 0.2) is 5.82 Å². The lowest BCUT2D eigenvalue weighted by atomic mass is 10.2. The molecule has 0 spiro atoms. The maximum atomic E-state index is 9.72. The lowest BCUT2D eigenvalue weighted by Crippen LogP contribution is -2.36. The molecule has 20 heavy (non-hydrogen) atoms. The van der Waals surface area contributed by atoms with Crippen LogP contribution in [-0.4, -0.2) is 40.8 Å². The summed E-state index contributed by atoms with van der Waals surface area (Å²) in [7, 11) is 1.70. The molecule has 1 atom stereocenters. The van der Waals surface area contributed by atoms with Crippen molar-refractivity contribution >= 4 is 11.5 Å². The van der Waals surface area contributed by atoms with Gasteiger partial charge in [-0.1, -0.05) is 13.0 Å². The number of aliphatic hydroxyl groups is 1. The number of hydrogen-bond acceptors (Lipinski definition) is 4. The first kappa shape index (κ1) is 14.8. The molecule has 2 aromatic rings. The molecule has 5 nitrogen and oxygen atoms in total. The van der Waals surface area contributed by atoms with Gasteiger partial charge in [0.1, 0.15) is 5.65 Å². The summed E-state index contributed by atoms with van der Waals surface area (Å²) < 4.78 is 7.14. The van der Waals surface area contributed by atoms with Crippen LogP contribution in [0.2, 0.25) is 0 Å². The molecular weight excluding hydrogens is 254 g/mol. The Labute approximate surface area is 119 Å². The minimum atomic E-state index is -0.0274. The van der Waals surface area contributed by atoms with Crippen LogP contribution >= 0.6 is 0 Å². The number of imidazole rings is 1. The molecule has 1 unspecified atom stereocenters. The monoisotopic (exact) mass is 277 g/mol. The molecule has 2 heterocycles. The molecule has 5 heteroatoms. The van der Waals surface area contributed by atoms with Crippen LogP contribution in [0.25, 0.3) is 5.65 Å². The number of pyridine rings is 1. The Hall–Kier alpha value is -1.59. The fourth-order valence-corrected chi connectivity index (χ4v) is 2.36. The van der Waals surface area contributed by atoms with E-state index in [1.807, 2.05) is 28.8 Å². The quantitative estimate of drug-likeness (QED) is 0.842. The number of nitrogens with zero attached hydrogens (tertiary/aromatic N) is 3. The van der Waals surface area contributed by atoms with Crippen molar-refractivity contribution in [1.29, 1.82) is 0 Å². The molecule has 2 rings (SSSR count). The highest BCUT2D eigenvalue weighted by Crippen LogP contribution is 2.24. The lowest BCUT2D eigenvalue weighted by molar-refractivity contribution is 0.202. The number of ether oxygens (including phenoxy) is 1. The van der Waals surface area contributed by atoms with E-state index in [0.29, 0.717) is 12.6 Å². The molecular formula is C15H23N3O2. The van der Waals surface area contributed by atoms with Gasteiger partial charge in [-0.3, -0.25) is 4.40 Å². The molecule has 0 bridgehead atoms. The smallest absolute Gasteiger partial charge is 0.153 e. The number of fused-ring (bicyclic) bond motifs is 1. The first-order valence-corrected chi connectivity index (χ1v) is 7.05. The summed E-state index contributed by atoms with van der Waals surface area (Å²) in [5.74, 6) is 0.852. The van der Waals surface area contributed by atoms with Gasteiger partial charge in [-0.15, -0.1) is 0 Å². The van der Waals surface area contributed by atoms with Crippen molar-refractivity contribution in [3.63, 3.8) is 0 Å². The van der Waals surface area contributed by atoms with E-state index in [2.05, 4.69) is 23.7 Å². The molecule has 0 saturated carbocycles. The lowest BCUT2D eigenvalue weighted by Gasteiger charge is -2.29. The Morgan fingerprint density at radius 3 is 2.90 bits per heavy atom. The summed E-state index contributed by atoms with van der Waals surface area (Å²) in [6, 6.07) is 6.20. The van der Waals surface area contributed by atoms with Gasteiger partial charge in [-0.25, -0.2) is 4.98 Å². The maximum absolute atomic E-state index is 9.72. The number of aromatic nitrogens is 2. The van der Waals surface area contributed by atoms with Crippen LogP contribution in [0.1, 0.15) is 26.0 Å². The molecule has 0 amide bonds. The average molecular weight is 277 g/mol. The zero-order valence-corrected chi connectivity index (χ0v) is 12.4. The third kappa shape index (κ3) is 2.78. The van der Waals surface area contributed by atoms with Crippen molar-refractivity contribution in [1.82, 2.24) is 9.38 Å². The van der Waals surface area contributed by atoms with Gasteiger partial charge < -0.3 is 14.7 Å². The Balaban J connectivity index is 2.45. The van der Waals surface area contributed by atoms with E-state index in [9.17, 15) is 5.11 Å². The van der Waals surface area contributed by atoms with Crippen LogP contribution in [0.5, 0.6) is 0 Å². The van der Waals surface area contributed by atoms with Crippen LogP contribution in [-0.2, 0) is 11.3 Å². The van der Waals surface area contributed by atoms with Crippen molar-refractivity contribution in [3.8, 4) is 0 Å². The van der Waals surface area contributed by atoms with Gasteiger partial charge in [-0.05, 0) is 25.5 Å². The SMILES string of the molecule is CCC(C)N(CCOC)c1nc2ccccn2c1CO. The summed E-state index contributed by atoms with van der Waals surface area (Å²) in [6.07, 6.45) is 2.95. The summed E-state index contributed by atoms with van der Waals surface area (Å²) in [5.41, 5.74) is 1.69. The van der Waals surface area contributed by atoms with Crippen LogP contribution < -0.4 is 4.90 Å². The molecule has 0 aliphatic carbocycles. The normalized spacial score (nSPS) is 12.8. The third-order valence-corrected chi connectivity index (χ3v) is 3.69. The minimum Gasteiger partial charge on any atom is -0.390 e. The number of anilines is 1. The second-order valence-corrected chi connectivity index (χ2v) is 4.91. The van der Waals surface area contributed by atoms with Crippen molar-refractivity contribution in [3.05, 3.63) is 30.1 Å². The van der Waals surface area contributed by atoms with E-state index in [0.717, 1.165) is 30.1 Å². The van der Waals surface area contributed by atoms with E-state index in [-0.39, 0.29) is 6.61 Å². The molecule has 2 aromatic heterocycles. The summed E-state index contributed by atoms with van der Waals surface area (Å²) in [5, 5.41) is 9.72. The largest absolute Gasteiger partial charge is 0.390 e. The van der Waals surface area contributed by atoms with Gasteiger partial charge in [0.2, 0.25) is 0 Å². The van der Waals surface area contributed by atoms with Crippen molar-refractivity contribution in [2.45, 2.75) is 32.9 Å². The first-order chi connectivity index (χ1) is 9.72. The first-order valence-electron chi connectivity index (χ1n) is 7.05. The van der Waals surface area contributed by atoms with Crippen molar-refractivity contribution in [2.24, 2.45) is 0 Å². The molecule has 0 aromatic carbocycles. The summed E-state index contributed by atoms with van der Waals surface area (Å²) in [6.45, 7) is 5.70. The third-order valence-electron chi connectivity index (χ3n) is 3.69. The van der Waals surface area contributed by atoms with Crippen LogP contribution in [0, 0.1) is 0 Å². The van der Waals surface area contributed by atoms with E-state index >= 15 is 0 Å². The Kier molecular flexibility index (Phi) is 4.98. The Morgan fingerprint density at radius 1 is 1.45 bits per heavy atom. The Bertz CT molecular complexity index is 553.